The van der Waals surface area contributed by atoms with E-state index in [4.69, 9.17) is 10.5 Å². The molecule has 0 bridgehead atoms. The summed E-state index contributed by atoms with van der Waals surface area (Å²) in [5.41, 5.74) is 5.61. The number of carbonyl (C=O) groups is 3. The van der Waals surface area contributed by atoms with Gasteiger partial charge in [0.05, 0.1) is 11.1 Å². The van der Waals surface area contributed by atoms with Gasteiger partial charge >= 0.3 is 6.09 Å². The molecule has 7 nitrogen and oxygen atoms in total. The molecule has 4 N–H and O–H groups in total. The Morgan fingerprint density at radius 1 is 1.15 bits per heavy atom. The minimum Gasteiger partial charge on any atom is -0.507 e. The largest absolute Gasteiger partial charge is 0.507 e. The summed E-state index contributed by atoms with van der Waals surface area (Å²) in [5, 5.41) is 12.5. The van der Waals surface area contributed by atoms with Crippen LogP contribution in [0.4, 0.5) is 9.80 Å². The number of aromatic hydroxyl groups is 1. The number of nitrogens with two attached hydrogens (primary N) is 1. The highest BCUT2D eigenvalue weighted by molar-refractivity contribution is 7.20. The fourth-order valence-corrected chi connectivity index (χ4v) is 3.22. The molecule has 0 radical (unpaired) electrons. The first kappa shape index (κ1) is 19.5. The Kier molecular flexibility index (Phi) is 5.36. The minimum atomic E-state index is -0.705. The van der Waals surface area contributed by atoms with Gasteiger partial charge in [-0.15, -0.1) is 11.3 Å². The zero-order valence-electron chi connectivity index (χ0n) is 14.9. The van der Waals surface area contributed by atoms with Crippen LogP contribution < -0.4 is 11.1 Å². The second-order valence-corrected chi connectivity index (χ2v) is 7.68. The summed E-state index contributed by atoms with van der Waals surface area (Å²) in [7, 11) is 0. The number of benzene rings is 1. The van der Waals surface area contributed by atoms with Crippen molar-refractivity contribution in [1.82, 2.24) is 0 Å². The first-order valence-corrected chi connectivity index (χ1v) is 8.57. The van der Waals surface area contributed by atoms with E-state index in [1.54, 1.807) is 26.8 Å². The lowest BCUT2D eigenvalue weighted by Crippen LogP contribution is -2.27. The molecule has 0 fully saturated rings. The Labute approximate surface area is 154 Å². The second kappa shape index (κ2) is 7.17. The van der Waals surface area contributed by atoms with Crippen LogP contribution in [-0.4, -0.2) is 28.5 Å². The zero-order chi connectivity index (χ0) is 19.6. The number of nitrogens with one attached hydrogen (secondary N) is 1. The van der Waals surface area contributed by atoms with Crippen LogP contribution in [0, 0.1) is 0 Å². The van der Waals surface area contributed by atoms with Crippen LogP contribution >= 0.6 is 11.3 Å². The monoisotopic (exact) mass is 376 g/mol. The van der Waals surface area contributed by atoms with Crippen molar-refractivity contribution in [3.05, 3.63) is 35.4 Å². The molecule has 0 saturated carbocycles. The summed E-state index contributed by atoms with van der Waals surface area (Å²) in [5.74, 6) is -1.12. The minimum absolute atomic E-state index is 0.125. The number of anilines is 1. The first-order valence-electron chi connectivity index (χ1n) is 7.76. The Morgan fingerprint density at radius 3 is 2.35 bits per heavy atom. The molecule has 0 aliphatic heterocycles. The molecule has 138 valence electrons. The molecule has 1 aromatic heterocycles. The molecular formula is C18H20N2O5S. The highest BCUT2D eigenvalue weighted by Gasteiger charge is 2.21. The number of thiophene rings is 1. The molecule has 0 unspecified atom stereocenters. The van der Waals surface area contributed by atoms with Gasteiger partial charge in [0.2, 0.25) is 0 Å². The first-order chi connectivity index (χ1) is 12.0. The molecule has 26 heavy (non-hydrogen) atoms. The second-order valence-electron chi connectivity index (χ2n) is 6.63. The fraction of sp³-hybridized carbons (Fsp3) is 0.278. The molecule has 0 saturated heterocycles. The number of amides is 2. The fourth-order valence-electron chi connectivity index (χ4n) is 2.18. The van der Waals surface area contributed by atoms with E-state index in [2.05, 4.69) is 5.32 Å². The molecule has 1 aromatic carbocycles. The summed E-state index contributed by atoms with van der Waals surface area (Å²) < 4.78 is 5.18. The van der Waals surface area contributed by atoms with Crippen molar-refractivity contribution >= 4 is 34.1 Å². The highest BCUT2D eigenvalue weighted by Crippen LogP contribution is 2.37. The predicted octanol–water partition coefficient (Wildman–Crippen LogP) is 3.77. The standard InChI is InChI=1S/C18H20N2O5S/c1-9(21)11-7-10(5-6-13(11)22)14-8-12(15(19)23)16(26-14)20-17(24)25-18(2,3)4/h5-8,22H,1-4H3,(H2,19,23)(H,20,24). The van der Waals surface area contributed by atoms with Gasteiger partial charge in [-0.2, -0.15) is 0 Å². The van der Waals surface area contributed by atoms with Crippen LogP contribution in [0.1, 0.15) is 48.4 Å². The Morgan fingerprint density at radius 2 is 1.81 bits per heavy atom. The molecule has 2 rings (SSSR count). The number of phenolic OH excluding ortho intramolecular Hbond substituents is 1. The highest BCUT2D eigenvalue weighted by atomic mass is 32.1. The van der Waals surface area contributed by atoms with Crippen LogP contribution in [0.15, 0.2) is 24.3 Å². The number of Topliss-reactive ketones (excluding diaryl/α,β-unsaturated/α-hetero) is 1. The van der Waals surface area contributed by atoms with E-state index < -0.39 is 17.6 Å². The van der Waals surface area contributed by atoms with E-state index in [9.17, 15) is 19.5 Å². The lowest BCUT2D eigenvalue weighted by molar-refractivity contribution is 0.0636. The van der Waals surface area contributed by atoms with Gasteiger partial charge < -0.3 is 15.6 Å². The smallest absolute Gasteiger partial charge is 0.412 e. The lowest BCUT2D eigenvalue weighted by atomic mass is 10.1. The number of ether oxygens (including phenoxy) is 1. The number of rotatable bonds is 4. The number of primary amides is 1. The average Bonchev–Trinajstić information content (AvgIpc) is 2.89. The van der Waals surface area contributed by atoms with Crippen molar-refractivity contribution in [2.45, 2.75) is 33.3 Å². The summed E-state index contributed by atoms with van der Waals surface area (Å²) in [4.78, 5) is 35.9. The molecule has 8 heteroatoms. The van der Waals surface area contributed by atoms with Crippen LogP contribution in [0.3, 0.4) is 0 Å². The van der Waals surface area contributed by atoms with Crippen LogP contribution in [-0.2, 0) is 4.74 Å². The van der Waals surface area contributed by atoms with Gasteiger partial charge in [0, 0.05) is 4.88 Å². The third kappa shape index (κ3) is 4.60. The summed E-state index contributed by atoms with van der Waals surface area (Å²) >= 11 is 1.12. The predicted molar refractivity (Wildman–Crippen MR) is 99.8 cm³/mol. The summed E-state index contributed by atoms with van der Waals surface area (Å²) in [6, 6.07) is 6.05. The van der Waals surface area contributed by atoms with E-state index >= 15 is 0 Å². The van der Waals surface area contributed by atoms with Crippen molar-refractivity contribution in [2.24, 2.45) is 5.73 Å². The van der Waals surface area contributed by atoms with Crippen LogP contribution in [0.2, 0.25) is 0 Å². The number of phenols is 1. The normalized spacial score (nSPS) is 11.1. The van der Waals surface area contributed by atoms with Crippen molar-refractivity contribution in [2.75, 3.05) is 5.32 Å². The van der Waals surface area contributed by atoms with Gasteiger partial charge in [-0.25, -0.2) is 4.79 Å². The van der Waals surface area contributed by atoms with E-state index in [1.807, 2.05) is 0 Å². The van der Waals surface area contributed by atoms with Crippen molar-refractivity contribution in [3.8, 4) is 16.2 Å². The van der Waals surface area contributed by atoms with E-state index in [-0.39, 0.29) is 27.7 Å². The van der Waals surface area contributed by atoms with Gasteiger partial charge in [0.25, 0.3) is 5.91 Å². The third-order valence-electron chi connectivity index (χ3n) is 3.27. The van der Waals surface area contributed by atoms with Crippen molar-refractivity contribution < 1.29 is 24.2 Å². The van der Waals surface area contributed by atoms with Crippen molar-refractivity contribution in [1.29, 1.82) is 0 Å². The van der Waals surface area contributed by atoms with E-state index in [0.717, 1.165) is 11.3 Å². The zero-order valence-corrected chi connectivity index (χ0v) is 15.7. The molecule has 0 atom stereocenters. The van der Waals surface area contributed by atoms with Gasteiger partial charge in [-0.1, -0.05) is 0 Å². The maximum absolute atomic E-state index is 12.0. The lowest BCUT2D eigenvalue weighted by Gasteiger charge is -2.19. The molecule has 2 amide bonds. The maximum atomic E-state index is 12.0. The van der Waals surface area contributed by atoms with Gasteiger partial charge in [0.1, 0.15) is 16.4 Å². The van der Waals surface area contributed by atoms with Crippen molar-refractivity contribution in [3.63, 3.8) is 0 Å². The number of carbonyl (C=O) groups excluding carboxylic acids is 3. The molecular weight excluding hydrogens is 356 g/mol. The average molecular weight is 376 g/mol. The molecule has 2 aromatic rings. The number of hydrogen-bond donors (Lipinski definition) is 3. The molecule has 0 aliphatic carbocycles. The molecule has 1 heterocycles. The Bertz CT molecular complexity index is 880. The van der Waals surface area contributed by atoms with Crippen LogP contribution in [0.25, 0.3) is 10.4 Å². The third-order valence-corrected chi connectivity index (χ3v) is 4.37. The SMILES string of the molecule is CC(=O)c1cc(-c2cc(C(N)=O)c(NC(=O)OC(C)(C)C)s2)ccc1O. The number of ketones is 1. The topological polar surface area (TPSA) is 119 Å². The Balaban J connectivity index is 2.41. The van der Waals surface area contributed by atoms with E-state index in [0.29, 0.717) is 10.4 Å². The quantitative estimate of drug-likeness (QED) is 0.702. The van der Waals surface area contributed by atoms with E-state index in [1.165, 1.54) is 25.1 Å². The van der Waals surface area contributed by atoms with Gasteiger partial charge in [-0.05, 0) is 57.5 Å². The molecule has 0 spiro atoms. The summed E-state index contributed by atoms with van der Waals surface area (Å²) in [6.45, 7) is 6.51. The van der Waals surface area contributed by atoms with Gasteiger partial charge in [-0.3, -0.25) is 14.9 Å². The Hall–Kier alpha value is -2.87. The summed E-state index contributed by atoms with van der Waals surface area (Å²) in [6.07, 6.45) is -0.705. The van der Waals surface area contributed by atoms with Crippen LogP contribution in [0.5, 0.6) is 5.75 Å². The maximum Gasteiger partial charge on any atom is 0.412 e. The van der Waals surface area contributed by atoms with Gasteiger partial charge in [0.15, 0.2) is 5.78 Å². The number of hydrogen-bond acceptors (Lipinski definition) is 6. The molecule has 0 aliphatic rings.